The van der Waals surface area contributed by atoms with Crippen molar-refractivity contribution in [1.82, 2.24) is 10.2 Å². The molecule has 12 heteroatoms. The Morgan fingerprint density at radius 1 is 0.919 bits per heavy atom. The lowest BCUT2D eigenvalue weighted by Gasteiger charge is -2.09. The molecule has 37 heavy (non-hydrogen) atoms. The van der Waals surface area contributed by atoms with Crippen LogP contribution in [0.3, 0.4) is 0 Å². The molecule has 4 rings (SSSR count). The Morgan fingerprint density at radius 3 is 2.19 bits per heavy atom. The second kappa shape index (κ2) is 11.3. The SMILES string of the molecule is COc1ccc(S(=O)(=O)Nc2ccc(-c3nnc(SCC(=O)c4ccc(NC(C)=O)cc4)o3)cc2)cc1. The number of methoxy groups -OCH3 is 1. The lowest BCUT2D eigenvalue weighted by Crippen LogP contribution is -2.12. The Balaban J connectivity index is 1.35. The number of aromatic nitrogens is 2. The van der Waals surface area contributed by atoms with Gasteiger partial charge in [0.05, 0.1) is 17.8 Å². The molecule has 0 aliphatic rings. The van der Waals surface area contributed by atoms with Gasteiger partial charge in [-0.15, -0.1) is 10.2 Å². The second-order valence-corrected chi connectivity index (χ2v) is 10.3. The fourth-order valence-electron chi connectivity index (χ4n) is 3.19. The van der Waals surface area contributed by atoms with E-state index in [9.17, 15) is 18.0 Å². The molecule has 10 nitrogen and oxygen atoms in total. The summed E-state index contributed by atoms with van der Waals surface area (Å²) in [7, 11) is -2.26. The van der Waals surface area contributed by atoms with Gasteiger partial charge in [0.2, 0.25) is 11.8 Å². The van der Waals surface area contributed by atoms with E-state index in [0.717, 1.165) is 11.8 Å². The summed E-state index contributed by atoms with van der Waals surface area (Å²) in [6.45, 7) is 1.41. The molecule has 1 heterocycles. The third-order valence-corrected chi connectivity index (χ3v) is 7.23. The number of thioether (sulfide) groups is 1. The highest BCUT2D eigenvalue weighted by molar-refractivity contribution is 7.99. The van der Waals surface area contributed by atoms with Gasteiger partial charge in [0.15, 0.2) is 5.78 Å². The first-order chi connectivity index (χ1) is 17.7. The quantitative estimate of drug-likeness (QED) is 0.221. The monoisotopic (exact) mass is 538 g/mol. The zero-order valence-corrected chi connectivity index (χ0v) is 21.4. The van der Waals surface area contributed by atoms with E-state index in [1.165, 1.54) is 26.2 Å². The molecule has 1 aromatic heterocycles. The summed E-state index contributed by atoms with van der Waals surface area (Å²) < 4.78 is 38.4. The summed E-state index contributed by atoms with van der Waals surface area (Å²) in [5, 5.41) is 10.8. The maximum atomic E-state index is 12.6. The fraction of sp³-hybridized carbons (Fsp3) is 0.120. The van der Waals surface area contributed by atoms with E-state index in [1.807, 2.05) is 0 Å². The number of benzene rings is 3. The number of carbonyl (C=O) groups excluding carboxylic acids is 2. The van der Waals surface area contributed by atoms with E-state index in [1.54, 1.807) is 60.7 Å². The molecule has 0 spiro atoms. The molecule has 0 saturated carbocycles. The molecule has 0 bridgehead atoms. The summed E-state index contributed by atoms with van der Waals surface area (Å²) in [5.74, 6) is 0.563. The van der Waals surface area contributed by atoms with Gasteiger partial charge >= 0.3 is 0 Å². The first kappa shape index (κ1) is 25.9. The van der Waals surface area contributed by atoms with E-state index < -0.39 is 10.0 Å². The third-order valence-electron chi connectivity index (χ3n) is 5.01. The molecule has 0 aliphatic carbocycles. The van der Waals surface area contributed by atoms with Crippen molar-refractivity contribution in [1.29, 1.82) is 0 Å². The number of carbonyl (C=O) groups is 2. The number of rotatable bonds is 10. The van der Waals surface area contributed by atoms with Crippen LogP contribution in [0, 0.1) is 0 Å². The van der Waals surface area contributed by atoms with Crippen LogP contribution in [-0.2, 0) is 14.8 Å². The standard InChI is InChI=1S/C25H22N4O6S2/c1-16(30)26-19-7-3-17(4-8-19)23(31)15-36-25-28-27-24(35-25)18-5-9-20(10-6-18)29-37(32,33)22-13-11-21(34-2)12-14-22/h3-14,29H,15H2,1-2H3,(H,26,30). The van der Waals surface area contributed by atoms with Crippen molar-refractivity contribution in [2.75, 3.05) is 22.9 Å². The number of hydrogen-bond acceptors (Lipinski definition) is 9. The number of Topliss-reactive ketones (excluding diaryl/α,β-unsaturated/α-hetero) is 1. The van der Waals surface area contributed by atoms with Gasteiger partial charge in [-0.05, 0) is 72.8 Å². The van der Waals surface area contributed by atoms with E-state index in [0.29, 0.717) is 28.3 Å². The largest absolute Gasteiger partial charge is 0.497 e. The zero-order chi connectivity index (χ0) is 26.4. The Labute approximate surface area is 217 Å². The van der Waals surface area contributed by atoms with Crippen molar-refractivity contribution in [3.63, 3.8) is 0 Å². The van der Waals surface area contributed by atoms with Crippen molar-refractivity contribution < 1.29 is 27.2 Å². The zero-order valence-electron chi connectivity index (χ0n) is 19.8. The average Bonchev–Trinajstić information content (AvgIpc) is 3.37. The van der Waals surface area contributed by atoms with Crippen LogP contribution in [0.15, 0.2) is 87.3 Å². The Bertz CT molecular complexity index is 1500. The number of ether oxygens (including phenoxy) is 1. The number of hydrogen-bond donors (Lipinski definition) is 2. The van der Waals surface area contributed by atoms with Crippen molar-refractivity contribution in [3.05, 3.63) is 78.4 Å². The summed E-state index contributed by atoms with van der Waals surface area (Å²) >= 11 is 1.10. The van der Waals surface area contributed by atoms with Gasteiger partial charge in [0, 0.05) is 29.4 Å². The van der Waals surface area contributed by atoms with Crippen LogP contribution in [0.5, 0.6) is 5.75 Å². The highest BCUT2D eigenvalue weighted by Crippen LogP contribution is 2.26. The number of anilines is 2. The molecule has 0 fully saturated rings. The summed E-state index contributed by atoms with van der Waals surface area (Å²) in [5.41, 5.74) is 2.06. The molecule has 2 N–H and O–H groups in total. The van der Waals surface area contributed by atoms with Crippen LogP contribution in [0.2, 0.25) is 0 Å². The third kappa shape index (κ3) is 6.74. The summed E-state index contributed by atoms with van der Waals surface area (Å²) in [4.78, 5) is 23.7. The lowest BCUT2D eigenvalue weighted by atomic mass is 10.1. The number of amides is 1. The topological polar surface area (TPSA) is 140 Å². The van der Waals surface area contributed by atoms with Crippen molar-refractivity contribution in [3.8, 4) is 17.2 Å². The number of sulfonamides is 1. The minimum absolute atomic E-state index is 0.0905. The molecule has 0 unspecified atom stereocenters. The average molecular weight is 539 g/mol. The molecule has 3 aromatic carbocycles. The Hall–Kier alpha value is -4.16. The Morgan fingerprint density at radius 2 is 1.57 bits per heavy atom. The number of ketones is 1. The van der Waals surface area contributed by atoms with Crippen LogP contribution in [-0.4, -0.2) is 43.2 Å². The van der Waals surface area contributed by atoms with E-state index in [2.05, 4.69) is 20.2 Å². The molecule has 0 radical (unpaired) electrons. The van der Waals surface area contributed by atoms with Crippen LogP contribution >= 0.6 is 11.8 Å². The molecule has 0 aliphatic heterocycles. The maximum Gasteiger partial charge on any atom is 0.277 e. The molecular weight excluding hydrogens is 516 g/mol. The minimum Gasteiger partial charge on any atom is -0.497 e. The van der Waals surface area contributed by atoms with Gasteiger partial charge in [-0.2, -0.15) is 0 Å². The lowest BCUT2D eigenvalue weighted by molar-refractivity contribution is -0.114. The first-order valence-electron chi connectivity index (χ1n) is 10.9. The van der Waals surface area contributed by atoms with Crippen LogP contribution in [0.25, 0.3) is 11.5 Å². The Kier molecular flexibility index (Phi) is 7.89. The highest BCUT2D eigenvalue weighted by atomic mass is 32.2. The van der Waals surface area contributed by atoms with Gasteiger partial charge in [0.1, 0.15) is 5.75 Å². The van der Waals surface area contributed by atoms with Crippen LogP contribution in [0.1, 0.15) is 17.3 Å². The van der Waals surface area contributed by atoms with Gasteiger partial charge in [-0.3, -0.25) is 14.3 Å². The van der Waals surface area contributed by atoms with Crippen molar-refractivity contribution in [2.24, 2.45) is 0 Å². The van der Waals surface area contributed by atoms with Gasteiger partial charge in [-0.1, -0.05) is 11.8 Å². The van der Waals surface area contributed by atoms with E-state index in [4.69, 9.17) is 9.15 Å². The first-order valence-corrected chi connectivity index (χ1v) is 13.3. The molecular formula is C25H22N4O6S2. The maximum absolute atomic E-state index is 12.6. The minimum atomic E-state index is -3.77. The van der Waals surface area contributed by atoms with Crippen LogP contribution in [0.4, 0.5) is 11.4 Å². The number of nitrogens with zero attached hydrogens (tertiary/aromatic N) is 2. The van der Waals surface area contributed by atoms with Gasteiger partial charge < -0.3 is 14.5 Å². The fourth-order valence-corrected chi connectivity index (χ4v) is 4.90. The predicted molar refractivity (Wildman–Crippen MR) is 139 cm³/mol. The highest BCUT2D eigenvalue weighted by Gasteiger charge is 2.16. The molecule has 190 valence electrons. The normalized spacial score (nSPS) is 11.1. The van der Waals surface area contributed by atoms with Crippen molar-refractivity contribution >= 4 is 44.9 Å². The summed E-state index contributed by atoms with van der Waals surface area (Å²) in [6, 6.07) is 19.1. The van der Waals surface area contributed by atoms with Gasteiger partial charge in [0.25, 0.3) is 15.2 Å². The van der Waals surface area contributed by atoms with Gasteiger partial charge in [-0.25, -0.2) is 8.42 Å². The van der Waals surface area contributed by atoms with Crippen LogP contribution < -0.4 is 14.8 Å². The smallest absolute Gasteiger partial charge is 0.277 e. The number of nitrogens with one attached hydrogen (secondary N) is 2. The second-order valence-electron chi connectivity index (χ2n) is 7.70. The molecule has 4 aromatic rings. The molecule has 1 amide bonds. The molecule has 0 saturated heterocycles. The molecule has 0 atom stereocenters. The van der Waals surface area contributed by atoms with Crippen molar-refractivity contribution in [2.45, 2.75) is 17.0 Å². The predicted octanol–water partition coefficient (Wildman–Crippen LogP) is 4.48. The van der Waals surface area contributed by atoms with E-state index in [-0.39, 0.29) is 33.5 Å². The van der Waals surface area contributed by atoms with E-state index >= 15 is 0 Å². The summed E-state index contributed by atoms with van der Waals surface area (Å²) in [6.07, 6.45) is 0.